The first kappa shape index (κ1) is 19.9. The van der Waals surface area contributed by atoms with Gasteiger partial charge in [-0.15, -0.1) is 0 Å². The standard InChI is InChI=1S/C20H24N6O/c1-15-7-4-5-9-17(15)18(27)23-12-20(2,3)13-24-19(25-14-21)26-16-8-6-10-22-11-16/h4-11H,12-13H2,1-3H3,(H,23,27)(H2,24,25,26). The van der Waals surface area contributed by atoms with E-state index in [4.69, 9.17) is 5.26 Å². The van der Waals surface area contributed by atoms with Crippen LogP contribution >= 0.6 is 0 Å². The summed E-state index contributed by atoms with van der Waals surface area (Å²) in [6.45, 7) is 6.79. The summed E-state index contributed by atoms with van der Waals surface area (Å²) >= 11 is 0. The maximum atomic E-state index is 12.4. The summed E-state index contributed by atoms with van der Waals surface area (Å²) in [5, 5.41) is 17.4. The number of rotatable bonds is 6. The summed E-state index contributed by atoms with van der Waals surface area (Å²) in [5.41, 5.74) is 2.04. The molecule has 1 amide bonds. The number of carbonyl (C=O) groups is 1. The van der Waals surface area contributed by atoms with Gasteiger partial charge in [0.05, 0.1) is 11.9 Å². The highest BCUT2D eigenvalue weighted by Crippen LogP contribution is 2.15. The molecular weight excluding hydrogens is 340 g/mol. The summed E-state index contributed by atoms with van der Waals surface area (Å²) in [7, 11) is 0. The minimum atomic E-state index is -0.294. The number of nitrogens with one attached hydrogen (secondary N) is 3. The van der Waals surface area contributed by atoms with E-state index in [9.17, 15) is 4.79 Å². The van der Waals surface area contributed by atoms with Crippen molar-refractivity contribution in [3.8, 4) is 6.19 Å². The smallest absolute Gasteiger partial charge is 0.251 e. The van der Waals surface area contributed by atoms with Gasteiger partial charge in [0, 0.05) is 30.3 Å². The molecule has 0 unspecified atom stereocenters. The number of hydrogen-bond acceptors (Lipinski definition) is 4. The van der Waals surface area contributed by atoms with Gasteiger partial charge in [-0.3, -0.25) is 20.1 Å². The fourth-order valence-electron chi connectivity index (χ4n) is 2.33. The molecule has 2 aromatic rings. The van der Waals surface area contributed by atoms with Gasteiger partial charge in [0.1, 0.15) is 0 Å². The van der Waals surface area contributed by atoms with Crippen LogP contribution in [-0.4, -0.2) is 29.9 Å². The van der Waals surface area contributed by atoms with Crippen LogP contribution in [0.2, 0.25) is 0 Å². The number of aromatic nitrogens is 1. The number of aryl methyl sites for hydroxylation is 1. The molecule has 0 radical (unpaired) electrons. The highest BCUT2D eigenvalue weighted by Gasteiger charge is 2.20. The first-order valence-electron chi connectivity index (χ1n) is 8.62. The molecule has 0 saturated heterocycles. The van der Waals surface area contributed by atoms with Gasteiger partial charge in [-0.2, -0.15) is 5.26 Å². The average Bonchev–Trinajstić information content (AvgIpc) is 2.66. The number of guanidine groups is 1. The third-order valence-electron chi connectivity index (χ3n) is 3.88. The molecule has 0 aliphatic rings. The lowest BCUT2D eigenvalue weighted by atomic mass is 9.93. The lowest BCUT2D eigenvalue weighted by Crippen LogP contribution is -2.37. The Kier molecular flexibility index (Phi) is 6.89. The number of aliphatic imine (C=N–C) groups is 1. The molecular formula is C20H24N6O. The maximum absolute atomic E-state index is 12.4. The summed E-state index contributed by atoms with van der Waals surface area (Å²) in [6, 6.07) is 11.1. The van der Waals surface area contributed by atoms with Gasteiger partial charge in [0.25, 0.3) is 5.91 Å². The Morgan fingerprint density at radius 3 is 2.70 bits per heavy atom. The summed E-state index contributed by atoms with van der Waals surface area (Å²) < 4.78 is 0. The Morgan fingerprint density at radius 1 is 1.26 bits per heavy atom. The molecule has 0 bridgehead atoms. The maximum Gasteiger partial charge on any atom is 0.251 e. The van der Waals surface area contributed by atoms with Gasteiger partial charge >= 0.3 is 0 Å². The van der Waals surface area contributed by atoms with Gasteiger partial charge in [0.15, 0.2) is 6.19 Å². The zero-order valence-corrected chi connectivity index (χ0v) is 15.8. The Bertz CT molecular complexity index is 839. The van der Waals surface area contributed by atoms with Crippen LogP contribution in [0.15, 0.2) is 53.8 Å². The van der Waals surface area contributed by atoms with E-state index in [1.54, 1.807) is 18.5 Å². The Hall–Kier alpha value is -3.40. The van der Waals surface area contributed by atoms with Crippen LogP contribution in [0.4, 0.5) is 5.69 Å². The summed E-state index contributed by atoms with van der Waals surface area (Å²) in [5.74, 6) is 0.234. The second-order valence-electron chi connectivity index (χ2n) is 6.93. The third kappa shape index (κ3) is 6.44. The van der Waals surface area contributed by atoms with E-state index in [0.29, 0.717) is 24.6 Å². The molecule has 1 heterocycles. The number of anilines is 1. The van der Waals surface area contributed by atoms with Crippen molar-refractivity contribution in [2.75, 3.05) is 18.4 Å². The Morgan fingerprint density at radius 2 is 2.04 bits per heavy atom. The predicted molar refractivity (Wildman–Crippen MR) is 106 cm³/mol. The van der Waals surface area contributed by atoms with Crippen LogP contribution in [0.3, 0.4) is 0 Å². The molecule has 0 spiro atoms. The molecule has 0 saturated carbocycles. The van der Waals surface area contributed by atoms with Crippen LogP contribution in [0, 0.1) is 23.8 Å². The van der Waals surface area contributed by atoms with Crippen molar-refractivity contribution in [3.05, 3.63) is 59.9 Å². The van der Waals surface area contributed by atoms with Crippen LogP contribution in [0.25, 0.3) is 0 Å². The van der Waals surface area contributed by atoms with Crippen molar-refractivity contribution in [3.63, 3.8) is 0 Å². The molecule has 27 heavy (non-hydrogen) atoms. The van der Waals surface area contributed by atoms with E-state index in [-0.39, 0.29) is 11.3 Å². The Labute approximate surface area is 159 Å². The van der Waals surface area contributed by atoms with Gasteiger partial charge in [-0.05, 0) is 30.7 Å². The largest absolute Gasteiger partial charge is 0.351 e. The van der Waals surface area contributed by atoms with Crippen molar-refractivity contribution in [2.24, 2.45) is 10.4 Å². The topological polar surface area (TPSA) is 102 Å². The number of carbonyl (C=O) groups excluding carboxylic acids is 1. The molecule has 0 atom stereocenters. The molecule has 0 fully saturated rings. The average molecular weight is 364 g/mol. The number of amides is 1. The first-order valence-corrected chi connectivity index (χ1v) is 8.62. The zero-order chi connectivity index (χ0) is 19.7. The minimum absolute atomic E-state index is 0.103. The van der Waals surface area contributed by atoms with Crippen molar-refractivity contribution >= 4 is 17.6 Å². The molecule has 0 aliphatic carbocycles. The number of pyridine rings is 1. The molecule has 0 aliphatic heterocycles. The summed E-state index contributed by atoms with van der Waals surface area (Å²) in [4.78, 5) is 20.8. The molecule has 3 N–H and O–H groups in total. The zero-order valence-electron chi connectivity index (χ0n) is 15.8. The van der Waals surface area contributed by atoms with Gasteiger partial charge in [-0.1, -0.05) is 32.0 Å². The van der Waals surface area contributed by atoms with Gasteiger partial charge in [-0.25, -0.2) is 0 Å². The van der Waals surface area contributed by atoms with E-state index in [1.807, 2.05) is 57.3 Å². The second kappa shape index (κ2) is 9.34. The number of hydrogen-bond donors (Lipinski definition) is 3. The SMILES string of the molecule is Cc1ccccc1C(=O)NCC(C)(C)CN=C(NC#N)Nc1cccnc1. The predicted octanol–water partition coefficient (Wildman–Crippen LogP) is 2.68. The first-order chi connectivity index (χ1) is 12.9. The van der Waals surface area contributed by atoms with E-state index in [2.05, 4.69) is 25.9 Å². The van der Waals surface area contributed by atoms with Crippen molar-refractivity contribution in [1.82, 2.24) is 15.6 Å². The fourth-order valence-corrected chi connectivity index (χ4v) is 2.33. The van der Waals surface area contributed by atoms with Gasteiger partial charge < -0.3 is 10.6 Å². The monoisotopic (exact) mass is 364 g/mol. The summed E-state index contributed by atoms with van der Waals surface area (Å²) in [6.07, 6.45) is 5.18. The van der Waals surface area contributed by atoms with E-state index in [1.165, 1.54) is 0 Å². The lowest BCUT2D eigenvalue weighted by molar-refractivity contribution is 0.0937. The molecule has 1 aromatic carbocycles. The molecule has 1 aromatic heterocycles. The van der Waals surface area contributed by atoms with Crippen molar-refractivity contribution < 1.29 is 4.79 Å². The highest BCUT2D eigenvalue weighted by molar-refractivity contribution is 5.95. The fraction of sp³-hybridized carbons (Fsp3) is 0.300. The molecule has 2 rings (SSSR count). The number of nitrogens with zero attached hydrogens (tertiary/aromatic N) is 3. The van der Waals surface area contributed by atoms with E-state index in [0.717, 1.165) is 11.3 Å². The van der Waals surface area contributed by atoms with Crippen molar-refractivity contribution in [1.29, 1.82) is 5.26 Å². The molecule has 140 valence electrons. The Balaban J connectivity index is 1.96. The molecule has 7 nitrogen and oxygen atoms in total. The highest BCUT2D eigenvalue weighted by atomic mass is 16.1. The number of benzene rings is 1. The van der Waals surface area contributed by atoms with Crippen LogP contribution < -0.4 is 16.0 Å². The minimum Gasteiger partial charge on any atom is -0.351 e. The quantitative estimate of drug-likeness (QED) is 0.316. The van der Waals surface area contributed by atoms with Crippen LogP contribution in [0.1, 0.15) is 29.8 Å². The number of nitriles is 1. The normalized spacial score (nSPS) is 11.4. The van der Waals surface area contributed by atoms with Crippen molar-refractivity contribution in [2.45, 2.75) is 20.8 Å². The second-order valence-corrected chi connectivity index (χ2v) is 6.93. The van der Waals surface area contributed by atoms with Crippen LogP contribution in [0.5, 0.6) is 0 Å². The van der Waals surface area contributed by atoms with Gasteiger partial charge in [0.2, 0.25) is 5.96 Å². The molecule has 7 heteroatoms. The van der Waals surface area contributed by atoms with E-state index >= 15 is 0 Å². The van der Waals surface area contributed by atoms with E-state index < -0.39 is 0 Å². The van der Waals surface area contributed by atoms with Crippen LogP contribution in [-0.2, 0) is 0 Å². The lowest BCUT2D eigenvalue weighted by Gasteiger charge is -2.23. The third-order valence-corrected chi connectivity index (χ3v) is 3.88.